The van der Waals surface area contributed by atoms with Gasteiger partial charge in [0, 0.05) is 49.1 Å². The number of hydrogen-bond acceptors (Lipinski definition) is 4. The molecule has 0 aliphatic rings. The molecular weight excluding hydrogens is 324 g/mol. The molecule has 2 rings (SSSR count). The summed E-state index contributed by atoms with van der Waals surface area (Å²) in [5.74, 6) is -0.389. The molecule has 0 atom stereocenters. The Morgan fingerprint density at radius 1 is 1.12 bits per heavy atom. The molecular formula is C17H20N4O4. The highest BCUT2D eigenvalue weighted by molar-refractivity contribution is 5.94. The molecule has 1 aromatic carbocycles. The number of carbonyl (C=O) groups excluding carboxylic acids is 2. The predicted octanol–water partition coefficient (Wildman–Crippen LogP) is 1.77. The minimum absolute atomic E-state index is 0.0565. The number of non-ortho nitro benzene ring substituents is 1. The Hall–Kier alpha value is -3.16. The van der Waals surface area contributed by atoms with Gasteiger partial charge in [-0.05, 0) is 31.2 Å². The molecule has 2 aromatic rings. The van der Waals surface area contributed by atoms with Crippen molar-refractivity contribution in [2.75, 3.05) is 6.54 Å². The summed E-state index contributed by atoms with van der Waals surface area (Å²) in [7, 11) is 0. The second kappa shape index (κ2) is 8.09. The van der Waals surface area contributed by atoms with E-state index in [0.29, 0.717) is 25.2 Å². The summed E-state index contributed by atoms with van der Waals surface area (Å²) < 4.78 is 2.02. The van der Waals surface area contributed by atoms with Gasteiger partial charge in [0.05, 0.1) is 11.5 Å². The van der Waals surface area contributed by atoms with Crippen molar-refractivity contribution in [3.05, 3.63) is 63.5 Å². The minimum Gasteiger partial charge on any atom is -0.355 e. The van der Waals surface area contributed by atoms with E-state index >= 15 is 0 Å². The van der Waals surface area contributed by atoms with Crippen molar-refractivity contribution < 1.29 is 14.5 Å². The lowest BCUT2D eigenvalue weighted by atomic mass is 10.2. The Bertz CT molecular complexity index is 780. The zero-order valence-corrected chi connectivity index (χ0v) is 14.1. The number of nitrogens with one attached hydrogen (secondary N) is 2. The Morgan fingerprint density at radius 3 is 2.40 bits per heavy atom. The van der Waals surface area contributed by atoms with Crippen LogP contribution in [-0.4, -0.2) is 27.8 Å². The standard InChI is InChI=1S/C17H20N4O4/c1-12-3-6-16(20(12)10-9-18-13(2)22)11-19-17(23)14-4-7-15(8-5-14)21(24)25/h3-8H,9-11H2,1-2H3,(H,18,22)(H,19,23). The molecule has 2 N–H and O–H groups in total. The van der Waals surface area contributed by atoms with Crippen LogP contribution in [0.25, 0.3) is 0 Å². The van der Waals surface area contributed by atoms with Crippen molar-refractivity contribution in [3.8, 4) is 0 Å². The summed E-state index contributed by atoms with van der Waals surface area (Å²) in [5.41, 5.74) is 2.25. The molecule has 25 heavy (non-hydrogen) atoms. The van der Waals surface area contributed by atoms with Crippen molar-refractivity contribution in [3.63, 3.8) is 0 Å². The van der Waals surface area contributed by atoms with Gasteiger partial charge in [0.2, 0.25) is 5.91 Å². The van der Waals surface area contributed by atoms with E-state index in [1.54, 1.807) is 0 Å². The van der Waals surface area contributed by atoms with Crippen LogP contribution in [0, 0.1) is 17.0 Å². The zero-order valence-electron chi connectivity index (χ0n) is 14.1. The Labute approximate surface area is 145 Å². The van der Waals surface area contributed by atoms with E-state index in [1.165, 1.54) is 31.2 Å². The predicted molar refractivity (Wildman–Crippen MR) is 92.1 cm³/mol. The number of hydrogen-bond donors (Lipinski definition) is 2. The van der Waals surface area contributed by atoms with Crippen molar-refractivity contribution in [2.45, 2.75) is 26.9 Å². The second-order valence-corrected chi connectivity index (χ2v) is 5.59. The van der Waals surface area contributed by atoms with E-state index in [-0.39, 0.29) is 17.5 Å². The van der Waals surface area contributed by atoms with E-state index in [1.807, 2.05) is 23.6 Å². The summed E-state index contributed by atoms with van der Waals surface area (Å²) in [6.07, 6.45) is 0. The fraction of sp³-hybridized carbons (Fsp3) is 0.294. The van der Waals surface area contributed by atoms with Crippen LogP contribution in [0.15, 0.2) is 36.4 Å². The lowest BCUT2D eigenvalue weighted by Gasteiger charge is -2.13. The van der Waals surface area contributed by atoms with Gasteiger partial charge in [-0.15, -0.1) is 0 Å². The molecule has 0 spiro atoms. The van der Waals surface area contributed by atoms with E-state index < -0.39 is 4.92 Å². The van der Waals surface area contributed by atoms with Crippen LogP contribution in [0.1, 0.15) is 28.7 Å². The van der Waals surface area contributed by atoms with Gasteiger partial charge in [-0.1, -0.05) is 0 Å². The number of rotatable bonds is 7. The summed E-state index contributed by atoms with van der Waals surface area (Å²) >= 11 is 0. The first-order valence-corrected chi connectivity index (χ1v) is 7.80. The maximum Gasteiger partial charge on any atom is 0.269 e. The maximum atomic E-state index is 12.2. The summed E-state index contributed by atoms with van der Waals surface area (Å²) in [5, 5.41) is 16.2. The minimum atomic E-state index is -0.508. The lowest BCUT2D eigenvalue weighted by Crippen LogP contribution is -2.27. The van der Waals surface area contributed by atoms with Gasteiger partial charge >= 0.3 is 0 Å². The fourth-order valence-corrected chi connectivity index (χ4v) is 2.45. The van der Waals surface area contributed by atoms with Gasteiger partial charge in [-0.25, -0.2) is 0 Å². The second-order valence-electron chi connectivity index (χ2n) is 5.59. The zero-order chi connectivity index (χ0) is 18.4. The Morgan fingerprint density at radius 2 is 1.80 bits per heavy atom. The van der Waals surface area contributed by atoms with Crippen LogP contribution >= 0.6 is 0 Å². The highest BCUT2D eigenvalue weighted by Gasteiger charge is 2.11. The molecule has 0 aliphatic heterocycles. The van der Waals surface area contributed by atoms with Crippen molar-refractivity contribution in [2.24, 2.45) is 0 Å². The molecule has 0 unspecified atom stereocenters. The topological polar surface area (TPSA) is 106 Å². The first-order valence-electron chi connectivity index (χ1n) is 7.80. The van der Waals surface area contributed by atoms with Crippen molar-refractivity contribution in [1.29, 1.82) is 0 Å². The van der Waals surface area contributed by atoms with Crippen LogP contribution in [0.5, 0.6) is 0 Å². The number of aromatic nitrogens is 1. The van der Waals surface area contributed by atoms with Crippen molar-refractivity contribution in [1.82, 2.24) is 15.2 Å². The SMILES string of the molecule is CC(=O)NCCn1c(C)ccc1CNC(=O)c1ccc([N+](=O)[O-])cc1. The average Bonchev–Trinajstić information content (AvgIpc) is 2.93. The molecule has 0 saturated carbocycles. The van der Waals surface area contributed by atoms with Gasteiger partial charge < -0.3 is 15.2 Å². The smallest absolute Gasteiger partial charge is 0.269 e. The third-order valence-electron chi connectivity index (χ3n) is 3.77. The molecule has 0 bridgehead atoms. The first-order chi connectivity index (χ1) is 11.9. The largest absolute Gasteiger partial charge is 0.355 e. The number of benzene rings is 1. The number of nitro groups is 1. The van der Waals surface area contributed by atoms with Crippen LogP contribution in [0.4, 0.5) is 5.69 Å². The summed E-state index contributed by atoms with van der Waals surface area (Å²) in [6.45, 7) is 4.86. The van der Waals surface area contributed by atoms with Crippen LogP contribution in [-0.2, 0) is 17.9 Å². The number of aryl methyl sites for hydroxylation is 1. The molecule has 1 aromatic heterocycles. The van der Waals surface area contributed by atoms with Gasteiger partial charge in [0.15, 0.2) is 0 Å². The number of amides is 2. The average molecular weight is 344 g/mol. The molecule has 0 fully saturated rings. The molecule has 0 radical (unpaired) electrons. The van der Waals surface area contributed by atoms with Crippen LogP contribution in [0.2, 0.25) is 0 Å². The van der Waals surface area contributed by atoms with E-state index in [9.17, 15) is 19.7 Å². The first kappa shape index (κ1) is 18.2. The quantitative estimate of drug-likeness (QED) is 0.589. The highest BCUT2D eigenvalue weighted by Crippen LogP contribution is 2.12. The number of carbonyl (C=O) groups is 2. The molecule has 132 valence electrons. The Balaban J connectivity index is 1.97. The third kappa shape index (κ3) is 4.90. The summed E-state index contributed by atoms with van der Waals surface area (Å²) in [6, 6.07) is 9.31. The third-order valence-corrected chi connectivity index (χ3v) is 3.77. The van der Waals surface area contributed by atoms with Crippen LogP contribution < -0.4 is 10.6 Å². The van der Waals surface area contributed by atoms with Crippen LogP contribution in [0.3, 0.4) is 0 Å². The summed E-state index contributed by atoms with van der Waals surface area (Å²) in [4.78, 5) is 33.3. The Kier molecular flexibility index (Phi) is 5.89. The lowest BCUT2D eigenvalue weighted by molar-refractivity contribution is -0.384. The molecule has 2 amide bonds. The molecule has 1 heterocycles. The van der Waals surface area contributed by atoms with E-state index in [0.717, 1.165) is 11.4 Å². The van der Waals surface area contributed by atoms with E-state index in [2.05, 4.69) is 10.6 Å². The van der Waals surface area contributed by atoms with E-state index in [4.69, 9.17) is 0 Å². The molecule has 8 nitrogen and oxygen atoms in total. The highest BCUT2D eigenvalue weighted by atomic mass is 16.6. The maximum absolute atomic E-state index is 12.2. The van der Waals surface area contributed by atoms with Gasteiger partial charge in [0.1, 0.15) is 0 Å². The van der Waals surface area contributed by atoms with Crippen molar-refractivity contribution >= 4 is 17.5 Å². The number of nitrogens with zero attached hydrogens (tertiary/aromatic N) is 2. The van der Waals surface area contributed by atoms with Gasteiger partial charge in [-0.3, -0.25) is 19.7 Å². The molecule has 8 heteroatoms. The monoisotopic (exact) mass is 344 g/mol. The molecule has 0 aliphatic carbocycles. The van der Waals surface area contributed by atoms with Gasteiger partial charge in [-0.2, -0.15) is 0 Å². The fourth-order valence-electron chi connectivity index (χ4n) is 2.45. The normalized spacial score (nSPS) is 10.3. The molecule has 0 saturated heterocycles. The van der Waals surface area contributed by atoms with Gasteiger partial charge in [0.25, 0.3) is 11.6 Å². The number of nitro benzene ring substituents is 1.